The van der Waals surface area contributed by atoms with E-state index in [1.54, 1.807) is 18.4 Å². The van der Waals surface area contributed by atoms with Gasteiger partial charge in [0.1, 0.15) is 5.01 Å². The van der Waals surface area contributed by atoms with Gasteiger partial charge in [-0.1, -0.05) is 0 Å². The van der Waals surface area contributed by atoms with Crippen LogP contribution in [0.4, 0.5) is 0 Å². The molecule has 1 saturated carbocycles. The minimum Gasteiger partial charge on any atom is -0.381 e. The van der Waals surface area contributed by atoms with Crippen LogP contribution in [0.15, 0.2) is 5.38 Å². The van der Waals surface area contributed by atoms with Crippen molar-refractivity contribution in [2.45, 2.75) is 44.9 Å². The van der Waals surface area contributed by atoms with E-state index in [0.717, 1.165) is 18.7 Å². The van der Waals surface area contributed by atoms with Gasteiger partial charge in [-0.05, 0) is 26.2 Å². The molecule has 1 fully saturated rings. The molecule has 0 radical (unpaired) electrons. The van der Waals surface area contributed by atoms with E-state index in [4.69, 9.17) is 4.74 Å². The molecule has 1 aromatic rings. The molecule has 0 saturated heterocycles. The number of rotatable bonds is 4. The Morgan fingerprint density at radius 2 is 2.47 bits per heavy atom. The normalized spacial score (nSPS) is 26.0. The Bertz CT molecular complexity index is 313. The molecule has 0 aliphatic heterocycles. The van der Waals surface area contributed by atoms with Crippen LogP contribution in [0, 0.1) is 6.92 Å². The van der Waals surface area contributed by atoms with E-state index >= 15 is 0 Å². The van der Waals surface area contributed by atoms with Gasteiger partial charge in [-0.15, -0.1) is 11.3 Å². The van der Waals surface area contributed by atoms with Crippen LogP contribution in [0.25, 0.3) is 0 Å². The third kappa shape index (κ3) is 3.00. The third-order valence-corrected chi connectivity index (χ3v) is 3.89. The maximum absolute atomic E-state index is 5.34. The van der Waals surface area contributed by atoms with E-state index in [2.05, 4.69) is 15.7 Å². The van der Waals surface area contributed by atoms with Crippen molar-refractivity contribution in [3.63, 3.8) is 0 Å². The number of ether oxygens (including phenoxy) is 1. The van der Waals surface area contributed by atoms with Gasteiger partial charge in [-0.25, -0.2) is 4.98 Å². The van der Waals surface area contributed by atoms with Crippen molar-refractivity contribution in [1.29, 1.82) is 0 Å². The van der Waals surface area contributed by atoms with Crippen LogP contribution >= 0.6 is 11.3 Å². The Kier molecular flexibility index (Phi) is 3.72. The summed E-state index contributed by atoms with van der Waals surface area (Å²) in [5, 5.41) is 6.83. The largest absolute Gasteiger partial charge is 0.381 e. The van der Waals surface area contributed by atoms with Gasteiger partial charge in [0.25, 0.3) is 0 Å². The highest BCUT2D eigenvalue weighted by Crippen LogP contribution is 2.21. The minimum atomic E-state index is 0.459. The van der Waals surface area contributed by atoms with Crippen molar-refractivity contribution in [3.8, 4) is 0 Å². The molecule has 2 unspecified atom stereocenters. The average Bonchev–Trinajstić information content (AvgIpc) is 2.83. The number of hydrogen-bond acceptors (Lipinski definition) is 4. The summed E-state index contributed by atoms with van der Waals surface area (Å²) < 4.78 is 5.34. The highest BCUT2D eigenvalue weighted by Gasteiger charge is 2.23. The molecule has 15 heavy (non-hydrogen) atoms. The first-order valence-corrected chi connectivity index (χ1v) is 6.33. The Morgan fingerprint density at radius 3 is 3.07 bits per heavy atom. The van der Waals surface area contributed by atoms with Gasteiger partial charge < -0.3 is 10.1 Å². The first-order chi connectivity index (χ1) is 7.28. The van der Waals surface area contributed by atoms with E-state index in [-0.39, 0.29) is 0 Å². The van der Waals surface area contributed by atoms with Crippen LogP contribution in [0.5, 0.6) is 0 Å². The lowest BCUT2D eigenvalue weighted by Crippen LogP contribution is -2.26. The van der Waals surface area contributed by atoms with Crippen LogP contribution in [0.2, 0.25) is 0 Å². The number of aryl methyl sites for hydroxylation is 1. The van der Waals surface area contributed by atoms with Gasteiger partial charge in [0.05, 0.1) is 6.10 Å². The highest BCUT2D eigenvalue weighted by molar-refractivity contribution is 7.09. The standard InChI is InChI=1S/C11H18N2OS/c1-8-7-15-11(13-8)6-12-9-3-4-10(5-9)14-2/h7,9-10,12H,3-6H2,1-2H3. The van der Waals surface area contributed by atoms with Crippen molar-refractivity contribution in [3.05, 3.63) is 16.1 Å². The summed E-state index contributed by atoms with van der Waals surface area (Å²) in [6.45, 7) is 2.94. The van der Waals surface area contributed by atoms with Crippen LogP contribution < -0.4 is 5.32 Å². The van der Waals surface area contributed by atoms with Gasteiger partial charge in [-0.3, -0.25) is 0 Å². The van der Waals surface area contributed by atoms with Crippen molar-refractivity contribution in [2.75, 3.05) is 7.11 Å². The summed E-state index contributed by atoms with van der Waals surface area (Å²) in [4.78, 5) is 4.44. The number of nitrogens with one attached hydrogen (secondary N) is 1. The Hall–Kier alpha value is -0.450. The zero-order chi connectivity index (χ0) is 10.7. The van der Waals surface area contributed by atoms with Gasteiger partial charge in [0.2, 0.25) is 0 Å². The molecule has 3 nitrogen and oxygen atoms in total. The summed E-state index contributed by atoms with van der Waals surface area (Å²) in [5.74, 6) is 0. The number of thiazole rings is 1. The molecule has 1 aromatic heterocycles. The van der Waals surface area contributed by atoms with Crippen molar-refractivity contribution >= 4 is 11.3 Å². The predicted molar refractivity (Wildman–Crippen MR) is 62.1 cm³/mol. The van der Waals surface area contributed by atoms with Crippen LogP contribution in [0.1, 0.15) is 30.0 Å². The molecule has 2 rings (SSSR count). The first-order valence-electron chi connectivity index (χ1n) is 5.45. The maximum atomic E-state index is 5.34. The summed E-state index contributed by atoms with van der Waals surface area (Å²) in [5.41, 5.74) is 1.12. The Labute approximate surface area is 94.9 Å². The third-order valence-electron chi connectivity index (χ3n) is 2.93. The number of hydrogen-bond donors (Lipinski definition) is 1. The number of aromatic nitrogens is 1. The molecular weight excluding hydrogens is 208 g/mol. The highest BCUT2D eigenvalue weighted by atomic mass is 32.1. The van der Waals surface area contributed by atoms with Crippen molar-refractivity contribution < 1.29 is 4.74 Å². The number of nitrogens with zero attached hydrogens (tertiary/aromatic N) is 1. The van der Waals surface area contributed by atoms with Crippen LogP contribution in [0.3, 0.4) is 0 Å². The minimum absolute atomic E-state index is 0.459. The molecule has 4 heteroatoms. The molecule has 0 spiro atoms. The monoisotopic (exact) mass is 226 g/mol. The molecular formula is C11H18N2OS. The lowest BCUT2D eigenvalue weighted by Gasteiger charge is -2.11. The second-order valence-electron chi connectivity index (χ2n) is 4.13. The molecule has 1 aliphatic carbocycles. The molecule has 1 aliphatic rings. The van der Waals surface area contributed by atoms with Gasteiger partial charge in [0.15, 0.2) is 0 Å². The smallest absolute Gasteiger partial charge is 0.107 e. The van der Waals surface area contributed by atoms with E-state index in [1.807, 2.05) is 6.92 Å². The van der Waals surface area contributed by atoms with Crippen molar-refractivity contribution in [2.24, 2.45) is 0 Å². The fraction of sp³-hybridized carbons (Fsp3) is 0.727. The molecule has 2 atom stereocenters. The zero-order valence-corrected chi connectivity index (χ0v) is 10.1. The van der Waals surface area contributed by atoms with Gasteiger partial charge in [-0.2, -0.15) is 0 Å². The summed E-state index contributed by atoms with van der Waals surface area (Å²) in [7, 11) is 1.80. The van der Waals surface area contributed by atoms with Gasteiger partial charge in [0, 0.05) is 30.8 Å². The summed E-state index contributed by atoms with van der Waals surface area (Å²) in [6.07, 6.45) is 4.01. The van der Waals surface area contributed by atoms with Crippen LogP contribution in [-0.2, 0) is 11.3 Å². The Morgan fingerprint density at radius 1 is 1.60 bits per heavy atom. The summed E-state index contributed by atoms with van der Waals surface area (Å²) >= 11 is 1.73. The SMILES string of the molecule is COC1CCC(NCc2nc(C)cs2)C1. The lowest BCUT2D eigenvalue weighted by molar-refractivity contribution is 0.107. The Balaban J connectivity index is 1.75. The average molecular weight is 226 g/mol. The fourth-order valence-corrected chi connectivity index (χ4v) is 2.78. The first kappa shape index (κ1) is 11.0. The predicted octanol–water partition coefficient (Wildman–Crippen LogP) is 2.11. The molecule has 0 bridgehead atoms. The van der Waals surface area contributed by atoms with E-state index < -0.39 is 0 Å². The van der Waals surface area contributed by atoms with Crippen molar-refractivity contribution in [1.82, 2.24) is 10.3 Å². The lowest BCUT2D eigenvalue weighted by atomic mass is 10.2. The van der Waals surface area contributed by atoms with E-state index in [0.29, 0.717) is 12.1 Å². The zero-order valence-electron chi connectivity index (χ0n) is 9.32. The molecule has 0 amide bonds. The second-order valence-corrected chi connectivity index (χ2v) is 5.07. The topological polar surface area (TPSA) is 34.1 Å². The fourth-order valence-electron chi connectivity index (χ4n) is 2.06. The molecule has 1 N–H and O–H groups in total. The molecule has 84 valence electrons. The number of methoxy groups -OCH3 is 1. The molecule has 1 heterocycles. The van der Waals surface area contributed by atoms with E-state index in [1.165, 1.54) is 17.8 Å². The van der Waals surface area contributed by atoms with Crippen LogP contribution in [-0.4, -0.2) is 24.2 Å². The maximum Gasteiger partial charge on any atom is 0.107 e. The summed E-state index contributed by atoms with van der Waals surface area (Å²) in [6, 6.07) is 0.610. The van der Waals surface area contributed by atoms with E-state index in [9.17, 15) is 0 Å². The second kappa shape index (κ2) is 5.05. The molecule has 0 aromatic carbocycles. The van der Waals surface area contributed by atoms with Gasteiger partial charge >= 0.3 is 0 Å². The quantitative estimate of drug-likeness (QED) is 0.854.